The topological polar surface area (TPSA) is 47.9 Å². The molecule has 0 bridgehead atoms. The highest BCUT2D eigenvalue weighted by Gasteiger charge is 2.04. The molecule has 4 nitrogen and oxygen atoms in total. The van der Waals surface area contributed by atoms with Crippen LogP contribution in [0.3, 0.4) is 0 Å². The molecule has 0 aliphatic carbocycles. The molecule has 0 radical (unpaired) electrons. The van der Waals surface area contributed by atoms with Crippen molar-refractivity contribution in [2.24, 2.45) is 0 Å². The van der Waals surface area contributed by atoms with Crippen LogP contribution in [0, 0.1) is 0 Å². The summed E-state index contributed by atoms with van der Waals surface area (Å²) in [4.78, 5) is 11.9. The van der Waals surface area contributed by atoms with Gasteiger partial charge in [0, 0.05) is 29.2 Å². The fourth-order valence-corrected chi connectivity index (χ4v) is 1.80. The molecule has 2 heterocycles. The third-order valence-electron chi connectivity index (χ3n) is 2.46. The zero-order valence-corrected chi connectivity index (χ0v) is 10.0. The number of fused-ring (bicyclic) bond motifs is 1. The van der Waals surface area contributed by atoms with Crippen LogP contribution in [0.15, 0.2) is 49.1 Å². The standard InChI is InChI=1S/C13H8ClN3O/c14-12-6-13(17-8-16-12)18-11-3-1-2-9-7-15-5-4-10(9)11/h1-8H. The lowest BCUT2D eigenvalue weighted by Gasteiger charge is -2.07. The Balaban J connectivity index is 2.05. The molecule has 3 rings (SSSR count). The van der Waals surface area contributed by atoms with E-state index in [0.29, 0.717) is 16.8 Å². The second kappa shape index (κ2) is 4.58. The van der Waals surface area contributed by atoms with Gasteiger partial charge in [-0.05, 0) is 12.1 Å². The van der Waals surface area contributed by atoms with Crippen LogP contribution in [0.1, 0.15) is 0 Å². The zero-order chi connectivity index (χ0) is 12.4. The van der Waals surface area contributed by atoms with Crippen molar-refractivity contribution in [3.05, 3.63) is 54.2 Å². The van der Waals surface area contributed by atoms with Gasteiger partial charge in [0.1, 0.15) is 17.2 Å². The van der Waals surface area contributed by atoms with Crippen LogP contribution in [0.25, 0.3) is 10.8 Å². The molecule has 1 aromatic carbocycles. The summed E-state index contributed by atoms with van der Waals surface area (Å²) in [5, 5.41) is 2.33. The van der Waals surface area contributed by atoms with E-state index in [1.807, 2.05) is 24.3 Å². The van der Waals surface area contributed by atoms with Gasteiger partial charge in [0.05, 0.1) is 0 Å². The Morgan fingerprint density at radius 3 is 2.94 bits per heavy atom. The molecule has 0 unspecified atom stereocenters. The second-order valence-electron chi connectivity index (χ2n) is 3.63. The Bertz CT molecular complexity index is 697. The van der Waals surface area contributed by atoms with E-state index in [-0.39, 0.29) is 0 Å². The summed E-state index contributed by atoms with van der Waals surface area (Å²) in [6.45, 7) is 0. The molecule has 0 fully saturated rings. The first kappa shape index (κ1) is 10.9. The van der Waals surface area contributed by atoms with Crippen molar-refractivity contribution in [1.82, 2.24) is 15.0 Å². The molecular formula is C13H8ClN3O. The van der Waals surface area contributed by atoms with Gasteiger partial charge in [0.2, 0.25) is 5.88 Å². The Kier molecular flexibility index (Phi) is 2.78. The monoisotopic (exact) mass is 257 g/mol. The van der Waals surface area contributed by atoms with Crippen molar-refractivity contribution >= 4 is 22.4 Å². The summed E-state index contributed by atoms with van der Waals surface area (Å²) in [5.41, 5.74) is 0. The first-order valence-corrected chi connectivity index (χ1v) is 5.69. The van der Waals surface area contributed by atoms with E-state index < -0.39 is 0 Å². The number of benzene rings is 1. The van der Waals surface area contributed by atoms with Crippen molar-refractivity contribution < 1.29 is 4.74 Å². The van der Waals surface area contributed by atoms with Gasteiger partial charge >= 0.3 is 0 Å². The van der Waals surface area contributed by atoms with Gasteiger partial charge in [-0.1, -0.05) is 23.7 Å². The van der Waals surface area contributed by atoms with E-state index in [9.17, 15) is 0 Å². The number of rotatable bonds is 2. The van der Waals surface area contributed by atoms with Crippen molar-refractivity contribution in [2.45, 2.75) is 0 Å². The number of ether oxygens (including phenoxy) is 1. The van der Waals surface area contributed by atoms with Crippen LogP contribution in [-0.4, -0.2) is 15.0 Å². The Labute approximate surface area is 108 Å². The van der Waals surface area contributed by atoms with Gasteiger partial charge < -0.3 is 4.74 Å². The third-order valence-corrected chi connectivity index (χ3v) is 2.67. The second-order valence-corrected chi connectivity index (χ2v) is 4.02. The number of pyridine rings is 1. The summed E-state index contributed by atoms with van der Waals surface area (Å²) in [7, 11) is 0. The smallest absolute Gasteiger partial charge is 0.223 e. The maximum absolute atomic E-state index is 5.79. The lowest BCUT2D eigenvalue weighted by molar-refractivity contribution is 0.467. The van der Waals surface area contributed by atoms with Crippen LogP contribution in [0.4, 0.5) is 0 Å². The van der Waals surface area contributed by atoms with E-state index in [0.717, 1.165) is 10.8 Å². The van der Waals surface area contributed by atoms with Crippen molar-refractivity contribution in [3.63, 3.8) is 0 Å². The maximum atomic E-state index is 5.79. The number of halogens is 1. The van der Waals surface area contributed by atoms with E-state index in [1.54, 1.807) is 18.5 Å². The maximum Gasteiger partial charge on any atom is 0.223 e. The van der Waals surface area contributed by atoms with Crippen molar-refractivity contribution in [3.8, 4) is 11.6 Å². The van der Waals surface area contributed by atoms with Gasteiger partial charge in [-0.25, -0.2) is 9.97 Å². The van der Waals surface area contributed by atoms with Crippen LogP contribution >= 0.6 is 11.6 Å². The molecule has 0 atom stereocenters. The lowest BCUT2D eigenvalue weighted by atomic mass is 10.1. The van der Waals surface area contributed by atoms with E-state index in [4.69, 9.17) is 16.3 Å². The van der Waals surface area contributed by atoms with Gasteiger partial charge in [0.15, 0.2) is 0 Å². The minimum absolute atomic E-state index is 0.349. The fourth-order valence-electron chi connectivity index (χ4n) is 1.67. The number of hydrogen-bond donors (Lipinski definition) is 0. The predicted octanol–water partition coefficient (Wildman–Crippen LogP) is 3.47. The molecule has 5 heteroatoms. The molecule has 0 spiro atoms. The van der Waals surface area contributed by atoms with Gasteiger partial charge in [-0.2, -0.15) is 0 Å². The van der Waals surface area contributed by atoms with E-state index in [2.05, 4.69) is 15.0 Å². The SMILES string of the molecule is Clc1cc(Oc2cccc3cnccc23)ncn1. The number of nitrogens with zero attached hydrogens (tertiary/aromatic N) is 3. The minimum Gasteiger partial charge on any atom is -0.438 e. The van der Waals surface area contributed by atoms with Crippen LogP contribution in [0.2, 0.25) is 5.15 Å². The molecular weight excluding hydrogens is 250 g/mol. The summed E-state index contributed by atoms with van der Waals surface area (Å²) < 4.78 is 5.71. The molecule has 0 aliphatic rings. The lowest BCUT2D eigenvalue weighted by Crippen LogP contribution is -1.90. The van der Waals surface area contributed by atoms with Crippen molar-refractivity contribution in [1.29, 1.82) is 0 Å². The Morgan fingerprint density at radius 2 is 2.06 bits per heavy atom. The quantitative estimate of drug-likeness (QED) is 0.660. The van der Waals surface area contributed by atoms with Crippen molar-refractivity contribution in [2.75, 3.05) is 0 Å². The molecule has 0 amide bonds. The Morgan fingerprint density at radius 1 is 1.11 bits per heavy atom. The summed E-state index contributed by atoms with van der Waals surface area (Å²) >= 11 is 5.79. The number of aromatic nitrogens is 3. The van der Waals surface area contributed by atoms with Crippen LogP contribution in [-0.2, 0) is 0 Å². The average Bonchev–Trinajstić information content (AvgIpc) is 2.39. The molecule has 0 saturated heterocycles. The highest BCUT2D eigenvalue weighted by Crippen LogP contribution is 2.28. The first-order chi connectivity index (χ1) is 8.83. The average molecular weight is 258 g/mol. The van der Waals surface area contributed by atoms with E-state index in [1.165, 1.54) is 6.33 Å². The van der Waals surface area contributed by atoms with Gasteiger partial charge in [-0.3, -0.25) is 4.98 Å². The molecule has 0 N–H and O–H groups in total. The fraction of sp³-hybridized carbons (Fsp3) is 0. The normalized spacial score (nSPS) is 10.5. The highest BCUT2D eigenvalue weighted by atomic mass is 35.5. The highest BCUT2D eigenvalue weighted by molar-refractivity contribution is 6.29. The number of hydrogen-bond acceptors (Lipinski definition) is 4. The molecule has 88 valence electrons. The predicted molar refractivity (Wildman–Crippen MR) is 68.9 cm³/mol. The van der Waals surface area contributed by atoms with Crippen LogP contribution in [0.5, 0.6) is 11.6 Å². The van der Waals surface area contributed by atoms with Gasteiger partial charge in [-0.15, -0.1) is 0 Å². The van der Waals surface area contributed by atoms with Gasteiger partial charge in [0.25, 0.3) is 0 Å². The molecule has 18 heavy (non-hydrogen) atoms. The largest absolute Gasteiger partial charge is 0.438 e. The van der Waals surface area contributed by atoms with E-state index >= 15 is 0 Å². The molecule has 0 aliphatic heterocycles. The third kappa shape index (κ3) is 2.10. The Hall–Kier alpha value is -2.20. The first-order valence-electron chi connectivity index (χ1n) is 5.31. The minimum atomic E-state index is 0.349. The summed E-state index contributed by atoms with van der Waals surface area (Å²) in [6, 6.07) is 9.22. The molecule has 3 aromatic rings. The zero-order valence-electron chi connectivity index (χ0n) is 9.25. The molecule has 2 aromatic heterocycles. The summed E-state index contributed by atoms with van der Waals surface area (Å²) in [6.07, 6.45) is 4.88. The summed E-state index contributed by atoms with van der Waals surface area (Å²) in [5.74, 6) is 1.13. The van der Waals surface area contributed by atoms with Crippen LogP contribution < -0.4 is 4.74 Å². The molecule has 0 saturated carbocycles.